The number of rotatable bonds is 5. The maximum absolute atomic E-state index is 13.3. The molecule has 0 radical (unpaired) electrons. The number of fused-ring (bicyclic) bond motifs is 1. The van der Waals surface area contributed by atoms with E-state index in [4.69, 9.17) is 9.47 Å². The largest absolute Gasteiger partial charge is 0.497 e. The van der Waals surface area contributed by atoms with Crippen LogP contribution in [0.4, 0.5) is 4.39 Å². The zero-order chi connectivity index (χ0) is 21.3. The topological polar surface area (TPSA) is 59.1 Å². The van der Waals surface area contributed by atoms with Gasteiger partial charge in [0.1, 0.15) is 17.3 Å². The molecule has 2 saturated heterocycles. The zero-order valence-corrected chi connectivity index (χ0v) is 17.1. The Morgan fingerprint density at radius 3 is 2.50 bits per heavy atom. The van der Waals surface area contributed by atoms with E-state index in [0.717, 1.165) is 11.3 Å². The van der Waals surface area contributed by atoms with Crippen LogP contribution >= 0.6 is 0 Å². The Kier molecular flexibility index (Phi) is 5.61. The molecule has 0 spiro atoms. The van der Waals surface area contributed by atoms with Gasteiger partial charge in [-0.2, -0.15) is 0 Å². The van der Waals surface area contributed by atoms with Crippen LogP contribution in [-0.2, 0) is 9.59 Å². The molecule has 2 amide bonds. The number of likely N-dealkylation sites (tertiary alicyclic amines) is 2. The molecule has 2 aliphatic heterocycles. The van der Waals surface area contributed by atoms with E-state index in [0.29, 0.717) is 25.4 Å². The van der Waals surface area contributed by atoms with Crippen molar-refractivity contribution in [2.75, 3.05) is 33.4 Å². The van der Waals surface area contributed by atoms with E-state index in [9.17, 15) is 14.0 Å². The molecule has 2 aliphatic rings. The van der Waals surface area contributed by atoms with Crippen LogP contribution in [0.15, 0.2) is 48.5 Å². The highest BCUT2D eigenvalue weighted by molar-refractivity contribution is 5.78. The van der Waals surface area contributed by atoms with Crippen LogP contribution in [0.5, 0.6) is 11.5 Å². The Labute approximate surface area is 175 Å². The van der Waals surface area contributed by atoms with Crippen molar-refractivity contribution in [2.24, 2.45) is 11.8 Å². The first-order valence-corrected chi connectivity index (χ1v) is 10.0. The summed E-state index contributed by atoms with van der Waals surface area (Å²) in [6, 6.07) is 13.5. The van der Waals surface area contributed by atoms with E-state index in [1.165, 1.54) is 12.1 Å². The van der Waals surface area contributed by atoms with Gasteiger partial charge in [-0.25, -0.2) is 4.39 Å². The lowest BCUT2D eigenvalue weighted by atomic mass is 9.89. The summed E-state index contributed by atoms with van der Waals surface area (Å²) in [4.78, 5) is 28.6. The summed E-state index contributed by atoms with van der Waals surface area (Å²) >= 11 is 0. The Morgan fingerprint density at radius 1 is 1.07 bits per heavy atom. The second-order valence-corrected chi connectivity index (χ2v) is 7.86. The third-order valence-corrected chi connectivity index (χ3v) is 6.04. The first-order valence-electron chi connectivity index (χ1n) is 10.0. The van der Waals surface area contributed by atoms with E-state index in [1.807, 2.05) is 29.2 Å². The highest BCUT2D eigenvalue weighted by Crippen LogP contribution is 2.45. The van der Waals surface area contributed by atoms with Gasteiger partial charge in [0, 0.05) is 44.5 Å². The van der Waals surface area contributed by atoms with Crippen molar-refractivity contribution in [3.63, 3.8) is 0 Å². The van der Waals surface area contributed by atoms with Crippen molar-refractivity contribution >= 4 is 11.8 Å². The summed E-state index contributed by atoms with van der Waals surface area (Å²) in [5, 5.41) is 0. The molecule has 4 rings (SSSR count). The number of carbonyl (C=O) groups excluding carboxylic acids is 2. The van der Waals surface area contributed by atoms with Gasteiger partial charge in [0.25, 0.3) is 5.91 Å². The molecule has 0 unspecified atom stereocenters. The number of benzene rings is 2. The molecule has 0 saturated carbocycles. The van der Waals surface area contributed by atoms with Crippen LogP contribution < -0.4 is 9.47 Å². The quantitative estimate of drug-likeness (QED) is 0.758. The summed E-state index contributed by atoms with van der Waals surface area (Å²) in [5.41, 5.74) is 1.05. The average molecular weight is 412 g/mol. The van der Waals surface area contributed by atoms with E-state index in [-0.39, 0.29) is 36.3 Å². The summed E-state index contributed by atoms with van der Waals surface area (Å²) in [6.45, 7) is 3.24. The van der Waals surface area contributed by atoms with Gasteiger partial charge in [0.2, 0.25) is 5.91 Å². The second kappa shape index (κ2) is 8.34. The van der Waals surface area contributed by atoms with E-state index >= 15 is 0 Å². The molecular weight excluding hydrogens is 387 g/mol. The number of amides is 2. The zero-order valence-electron chi connectivity index (χ0n) is 17.1. The molecule has 0 bridgehead atoms. The van der Waals surface area contributed by atoms with Crippen LogP contribution in [0, 0.1) is 17.7 Å². The summed E-state index contributed by atoms with van der Waals surface area (Å²) < 4.78 is 24.0. The monoisotopic (exact) mass is 412 g/mol. The maximum Gasteiger partial charge on any atom is 0.260 e. The van der Waals surface area contributed by atoms with Crippen molar-refractivity contribution in [3.8, 4) is 11.5 Å². The van der Waals surface area contributed by atoms with Gasteiger partial charge < -0.3 is 19.3 Å². The fraction of sp³-hybridized carbons (Fsp3) is 0.391. The average Bonchev–Trinajstić information content (AvgIpc) is 3.30. The van der Waals surface area contributed by atoms with Gasteiger partial charge in [-0.1, -0.05) is 18.2 Å². The smallest absolute Gasteiger partial charge is 0.260 e. The predicted octanol–water partition coefficient (Wildman–Crippen LogP) is 2.89. The molecule has 0 aliphatic carbocycles. The van der Waals surface area contributed by atoms with Gasteiger partial charge in [-0.05, 0) is 29.8 Å². The van der Waals surface area contributed by atoms with E-state index in [1.54, 1.807) is 31.1 Å². The summed E-state index contributed by atoms with van der Waals surface area (Å²) in [6.07, 6.45) is 0. The first kappa shape index (κ1) is 20.2. The van der Waals surface area contributed by atoms with Crippen molar-refractivity contribution < 1.29 is 23.5 Å². The molecule has 6 nitrogen and oxygen atoms in total. The number of ether oxygens (including phenoxy) is 2. The Bertz CT molecular complexity index is 933. The molecule has 0 N–H and O–H groups in total. The minimum Gasteiger partial charge on any atom is -0.497 e. The highest BCUT2D eigenvalue weighted by atomic mass is 19.1. The standard InChI is InChI=1S/C23H25FN2O4/c1-15(27)26-12-17-11-25(22(28)14-30-20-5-3-4-18(24)10-20)13-21(17)23(26)16-6-8-19(29-2)9-7-16/h3-10,17,21,23H,11-14H2,1-2H3/t17-,21-,23+/m1/s1. The first-order chi connectivity index (χ1) is 14.5. The van der Waals surface area contributed by atoms with Gasteiger partial charge in [-0.15, -0.1) is 0 Å². The minimum absolute atomic E-state index is 0.0394. The lowest BCUT2D eigenvalue weighted by Crippen LogP contribution is -2.38. The van der Waals surface area contributed by atoms with Crippen LogP contribution in [0.2, 0.25) is 0 Å². The molecule has 2 heterocycles. The van der Waals surface area contributed by atoms with Crippen LogP contribution in [-0.4, -0.2) is 55.0 Å². The third-order valence-electron chi connectivity index (χ3n) is 6.04. The van der Waals surface area contributed by atoms with Crippen LogP contribution in [0.1, 0.15) is 18.5 Å². The minimum atomic E-state index is -0.401. The SMILES string of the molecule is COc1ccc([C@H]2[C@@H]3CN(C(=O)COc4cccc(F)c4)C[C@@H]3CN2C(C)=O)cc1. The number of nitrogens with zero attached hydrogens (tertiary/aromatic N) is 2. The lowest BCUT2D eigenvalue weighted by molar-refractivity contribution is -0.133. The van der Waals surface area contributed by atoms with Crippen LogP contribution in [0.3, 0.4) is 0 Å². The fourth-order valence-electron chi connectivity index (χ4n) is 4.59. The predicted molar refractivity (Wildman–Crippen MR) is 109 cm³/mol. The van der Waals surface area contributed by atoms with Crippen molar-refractivity contribution in [3.05, 3.63) is 59.9 Å². The molecular formula is C23H25FN2O4. The Balaban J connectivity index is 1.45. The van der Waals surface area contributed by atoms with Crippen molar-refractivity contribution in [1.29, 1.82) is 0 Å². The van der Waals surface area contributed by atoms with Crippen molar-refractivity contribution in [1.82, 2.24) is 9.80 Å². The van der Waals surface area contributed by atoms with Crippen molar-refractivity contribution in [2.45, 2.75) is 13.0 Å². The number of carbonyl (C=O) groups is 2. The van der Waals surface area contributed by atoms with E-state index in [2.05, 4.69) is 0 Å². The summed E-state index contributed by atoms with van der Waals surface area (Å²) in [7, 11) is 1.62. The van der Waals surface area contributed by atoms with Gasteiger partial charge >= 0.3 is 0 Å². The van der Waals surface area contributed by atoms with Gasteiger partial charge in [-0.3, -0.25) is 9.59 Å². The molecule has 2 aromatic rings. The molecule has 2 aromatic carbocycles. The summed E-state index contributed by atoms with van der Waals surface area (Å²) in [5.74, 6) is 0.998. The number of hydrogen-bond donors (Lipinski definition) is 0. The van der Waals surface area contributed by atoms with Crippen LogP contribution in [0.25, 0.3) is 0 Å². The maximum atomic E-state index is 13.3. The fourth-order valence-corrected chi connectivity index (χ4v) is 4.59. The van der Waals surface area contributed by atoms with E-state index < -0.39 is 5.82 Å². The molecule has 30 heavy (non-hydrogen) atoms. The normalized spacial score (nSPS) is 22.7. The Morgan fingerprint density at radius 2 is 1.83 bits per heavy atom. The highest BCUT2D eigenvalue weighted by Gasteiger charge is 2.49. The molecule has 2 fully saturated rings. The third kappa shape index (κ3) is 3.97. The molecule has 0 aromatic heterocycles. The Hall–Kier alpha value is -3.09. The van der Waals surface area contributed by atoms with Gasteiger partial charge in [0.05, 0.1) is 13.2 Å². The number of methoxy groups -OCH3 is 1. The second-order valence-electron chi connectivity index (χ2n) is 7.86. The molecule has 3 atom stereocenters. The molecule has 7 heteroatoms. The molecule has 158 valence electrons. The number of halogens is 1. The lowest BCUT2D eigenvalue weighted by Gasteiger charge is -2.29. The van der Waals surface area contributed by atoms with Gasteiger partial charge in [0.15, 0.2) is 6.61 Å². The number of hydrogen-bond acceptors (Lipinski definition) is 4.